The summed E-state index contributed by atoms with van der Waals surface area (Å²) in [6.07, 6.45) is -0.483. The molecule has 1 heterocycles. The van der Waals surface area contributed by atoms with Crippen LogP contribution in [0.25, 0.3) is 0 Å². The number of nitrogens with zero attached hydrogens (tertiary/aromatic N) is 1. The summed E-state index contributed by atoms with van der Waals surface area (Å²) in [5, 5.41) is 7.27. The normalized spacial score (nSPS) is 18.4. The van der Waals surface area contributed by atoms with Crippen molar-refractivity contribution in [3.05, 3.63) is 0 Å². The molecule has 1 aliphatic heterocycles. The molecule has 104 valence electrons. The van der Waals surface area contributed by atoms with Gasteiger partial charge in [-0.1, -0.05) is 0 Å². The predicted molar refractivity (Wildman–Crippen MR) is 62.9 cm³/mol. The summed E-state index contributed by atoms with van der Waals surface area (Å²) in [5.41, 5.74) is 0. The zero-order chi connectivity index (χ0) is 13.8. The van der Waals surface area contributed by atoms with E-state index in [1.807, 2.05) is 0 Å². The van der Waals surface area contributed by atoms with E-state index in [2.05, 4.69) is 0 Å². The minimum Gasteiger partial charge on any atom is -0.481 e. The smallest absolute Gasteiger partial charge is 0.304 e. The first-order chi connectivity index (χ1) is 8.34. The van der Waals surface area contributed by atoms with E-state index in [1.165, 1.54) is 11.8 Å². The Morgan fingerprint density at radius 1 is 1.33 bits per heavy atom. The standard InChI is InChI=1S/C10H17NO6S/c1-8(18(15,16)7-2-9(12)13)10(14)11-3-5-17-6-4-11/h8H,2-7H2,1H3,(H,12,13). The van der Waals surface area contributed by atoms with Crippen molar-refractivity contribution in [2.45, 2.75) is 18.6 Å². The lowest BCUT2D eigenvalue weighted by atomic mass is 10.3. The lowest BCUT2D eigenvalue weighted by molar-refractivity contribution is -0.137. The summed E-state index contributed by atoms with van der Waals surface area (Å²) in [5.74, 6) is -2.19. The second kappa shape index (κ2) is 6.14. The van der Waals surface area contributed by atoms with Gasteiger partial charge in [-0.05, 0) is 6.92 Å². The molecule has 7 nitrogen and oxygen atoms in total. The average Bonchev–Trinajstić information content (AvgIpc) is 2.36. The van der Waals surface area contributed by atoms with Crippen molar-refractivity contribution in [1.29, 1.82) is 0 Å². The zero-order valence-electron chi connectivity index (χ0n) is 10.2. The third-order valence-electron chi connectivity index (χ3n) is 2.81. The van der Waals surface area contributed by atoms with E-state index in [1.54, 1.807) is 0 Å². The van der Waals surface area contributed by atoms with Gasteiger partial charge in [-0.25, -0.2) is 8.42 Å². The maximum atomic E-state index is 11.9. The maximum Gasteiger partial charge on any atom is 0.304 e. The Morgan fingerprint density at radius 2 is 1.89 bits per heavy atom. The first-order valence-electron chi connectivity index (χ1n) is 5.64. The van der Waals surface area contributed by atoms with E-state index in [0.717, 1.165) is 0 Å². The lowest BCUT2D eigenvalue weighted by Gasteiger charge is -2.29. The van der Waals surface area contributed by atoms with Crippen LogP contribution in [0.4, 0.5) is 0 Å². The van der Waals surface area contributed by atoms with Gasteiger partial charge >= 0.3 is 5.97 Å². The summed E-state index contributed by atoms with van der Waals surface area (Å²) < 4.78 is 28.6. The third-order valence-corrected chi connectivity index (χ3v) is 4.86. The van der Waals surface area contributed by atoms with E-state index in [0.29, 0.717) is 26.3 Å². The van der Waals surface area contributed by atoms with Crippen molar-refractivity contribution in [2.75, 3.05) is 32.1 Å². The Morgan fingerprint density at radius 3 is 2.39 bits per heavy atom. The average molecular weight is 279 g/mol. The van der Waals surface area contributed by atoms with Crippen LogP contribution in [0.3, 0.4) is 0 Å². The fraction of sp³-hybridized carbons (Fsp3) is 0.800. The molecule has 0 bridgehead atoms. The minimum atomic E-state index is -3.72. The van der Waals surface area contributed by atoms with E-state index in [4.69, 9.17) is 9.84 Å². The highest BCUT2D eigenvalue weighted by Gasteiger charge is 2.32. The molecule has 0 aromatic carbocycles. The zero-order valence-corrected chi connectivity index (χ0v) is 11.0. The molecule has 0 aromatic heterocycles. The van der Waals surface area contributed by atoms with E-state index in [9.17, 15) is 18.0 Å². The van der Waals surface area contributed by atoms with Crippen LogP contribution in [0, 0.1) is 0 Å². The molecule has 1 amide bonds. The van der Waals surface area contributed by atoms with Crippen LogP contribution in [0.2, 0.25) is 0 Å². The Labute approximate surface area is 106 Å². The van der Waals surface area contributed by atoms with Gasteiger partial charge in [-0.3, -0.25) is 9.59 Å². The number of hydrogen-bond acceptors (Lipinski definition) is 5. The molecular formula is C10H17NO6S. The maximum absolute atomic E-state index is 11.9. The predicted octanol–water partition coefficient (Wildman–Crippen LogP) is -0.877. The lowest BCUT2D eigenvalue weighted by Crippen LogP contribution is -2.47. The molecule has 0 saturated carbocycles. The number of morpholine rings is 1. The van der Waals surface area contributed by atoms with Gasteiger partial charge in [0.2, 0.25) is 5.91 Å². The van der Waals surface area contributed by atoms with Gasteiger partial charge in [-0.2, -0.15) is 0 Å². The largest absolute Gasteiger partial charge is 0.481 e. The minimum absolute atomic E-state index is 0.373. The second-order valence-corrected chi connectivity index (χ2v) is 6.53. The SMILES string of the molecule is CC(C(=O)N1CCOCC1)S(=O)(=O)CCC(=O)O. The van der Waals surface area contributed by atoms with Crippen molar-refractivity contribution in [1.82, 2.24) is 4.90 Å². The molecule has 1 unspecified atom stereocenters. The Balaban J connectivity index is 2.63. The van der Waals surface area contributed by atoms with Gasteiger partial charge in [0.25, 0.3) is 0 Å². The van der Waals surface area contributed by atoms with Crippen LogP contribution in [-0.2, 0) is 24.2 Å². The van der Waals surface area contributed by atoms with Crippen LogP contribution in [-0.4, -0.2) is 67.6 Å². The quantitative estimate of drug-likeness (QED) is 0.701. The Bertz CT molecular complexity index is 412. The van der Waals surface area contributed by atoms with E-state index < -0.39 is 39.1 Å². The second-order valence-electron chi connectivity index (χ2n) is 4.09. The number of carboxylic acid groups (broad SMARTS) is 1. The molecule has 1 aliphatic rings. The van der Waals surface area contributed by atoms with E-state index >= 15 is 0 Å². The third kappa shape index (κ3) is 3.95. The van der Waals surface area contributed by atoms with Gasteiger partial charge in [0.05, 0.1) is 25.4 Å². The monoisotopic (exact) mass is 279 g/mol. The Kier molecular flexibility index (Phi) is 5.09. The number of carboxylic acids is 1. The van der Waals surface area contributed by atoms with Gasteiger partial charge < -0.3 is 14.7 Å². The van der Waals surface area contributed by atoms with Crippen LogP contribution in [0.15, 0.2) is 0 Å². The number of ether oxygens (including phenoxy) is 1. The molecule has 0 aromatic rings. The molecule has 1 atom stereocenters. The number of hydrogen-bond donors (Lipinski definition) is 1. The first-order valence-corrected chi connectivity index (χ1v) is 7.36. The van der Waals surface area contributed by atoms with Crippen molar-refractivity contribution < 1.29 is 27.9 Å². The topological polar surface area (TPSA) is 101 Å². The van der Waals surface area contributed by atoms with Crippen molar-refractivity contribution >= 4 is 21.7 Å². The number of rotatable bonds is 5. The number of carbonyl (C=O) groups excluding carboxylic acids is 1. The summed E-state index contributed by atoms with van der Waals surface area (Å²) in [4.78, 5) is 23.7. The van der Waals surface area contributed by atoms with Crippen molar-refractivity contribution in [2.24, 2.45) is 0 Å². The number of sulfone groups is 1. The van der Waals surface area contributed by atoms with Gasteiger partial charge in [0.15, 0.2) is 9.84 Å². The molecule has 1 N–H and O–H groups in total. The molecule has 0 aliphatic carbocycles. The summed E-state index contributed by atoms with van der Waals surface area (Å²) in [7, 11) is -3.72. The number of amides is 1. The van der Waals surface area contributed by atoms with Crippen LogP contribution in [0.5, 0.6) is 0 Å². The summed E-state index contributed by atoms with van der Waals surface area (Å²) >= 11 is 0. The van der Waals surface area contributed by atoms with Gasteiger partial charge in [0, 0.05) is 13.1 Å². The molecule has 1 saturated heterocycles. The molecule has 0 radical (unpaired) electrons. The van der Waals surface area contributed by atoms with Crippen LogP contribution in [0.1, 0.15) is 13.3 Å². The fourth-order valence-corrected chi connectivity index (χ4v) is 2.87. The van der Waals surface area contributed by atoms with Crippen molar-refractivity contribution in [3.63, 3.8) is 0 Å². The molecule has 1 rings (SSSR count). The molecule has 0 spiro atoms. The first kappa shape index (κ1) is 14.9. The van der Waals surface area contributed by atoms with E-state index in [-0.39, 0.29) is 0 Å². The summed E-state index contributed by atoms with van der Waals surface area (Å²) in [6, 6.07) is 0. The summed E-state index contributed by atoms with van der Waals surface area (Å²) in [6.45, 7) is 2.84. The highest BCUT2D eigenvalue weighted by molar-refractivity contribution is 7.92. The van der Waals surface area contributed by atoms with Gasteiger partial charge in [0.1, 0.15) is 5.25 Å². The number of aliphatic carboxylic acids is 1. The highest BCUT2D eigenvalue weighted by Crippen LogP contribution is 2.10. The fourth-order valence-electron chi connectivity index (χ4n) is 1.60. The highest BCUT2D eigenvalue weighted by atomic mass is 32.2. The molecule has 1 fully saturated rings. The number of carbonyl (C=O) groups is 2. The van der Waals surface area contributed by atoms with Crippen LogP contribution < -0.4 is 0 Å². The molecule has 8 heteroatoms. The molecular weight excluding hydrogens is 262 g/mol. The van der Waals surface area contributed by atoms with Gasteiger partial charge in [-0.15, -0.1) is 0 Å². The Hall–Kier alpha value is -1.15. The van der Waals surface area contributed by atoms with Crippen molar-refractivity contribution in [3.8, 4) is 0 Å². The van der Waals surface area contributed by atoms with Crippen LogP contribution >= 0.6 is 0 Å². The molecule has 18 heavy (non-hydrogen) atoms.